The molecule has 0 aliphatic carbocycles. The zero-order chi connectivity index (χ0) is 22.6. The Labute approximate surface area is 188 Å². The van der Waals surface area contributed by atoms with Crippen molar-refractivity contribution in [1.82, 2.24) is 4.31 Å². The molecule has 0 saturated carbocycles. The van der Waals surface area contributed by atoms with Crippen molar-refractivity contribution in [1.29, 1.82) is 0 Å². The molecule has 32 heavy (non-hydrogen) atoms. The van der Waals surface area contributed by atoms with Gasteiger partial charge in [0, 0.05) is 18.2 Å². The summed E-state index contributed by atoms with van der Waals surface area (Å²) in [6.45, 7) is 2.47. The van der Waals surface area contributed by atoms with E-state index in [-0.39, 0.29) is 16.8 Å². The minimum Gasteiger partial charge on any atom is -0.455 e. The average molecular weight is 451 g/mol. The molecule has 166 valence electrons. The van der Waals surface area contributed by atoms with Crippen molar-refractivity contribution in [2.45, 2.75) is 37.1 Å². The highest BCUT2D eigenvalue weighted by Crippen LogP contribution is 2.30. The number of sulfonamides is 1. The summed E-state index contributed by atoms with van der Waals surface area (Å²) in [6.07, 6.45) is 2.78. The number of hydrogen-bond donors (Lipinski definition) is 1. The van der Waals surface area contributed by atoms with Crippen molar-refractivity contribution in [2.75, 3.05) is 11.9 Å². The van der Waals surface area contributed by atoms with Crippen LogP contribution in [0.5, 0.6) is 11.5 Å². The molecule has 1 amide bonds. The number of para-hydroxylation sites is 3. The fourth-order valence-corrected chi connectivity index (χ4v) is 5.51. The van der Waals surface area contributed by atoms with Crippen LogP contribution in [-0.2, 0) is 10.0 Å². The molecular formula is C25H26N2O4S. The second-order valence-corrected chi connectivity index (χ2v) is 9.74. The molecular weight excluding hydrogens is 424 g/mol. The molecule has 7 heteroatoms. The number of piperidine rings is 1. The number of carbonyl (C=O) groups is 1. The van der Waals surface area contributed by atoms with Gasteiger partial charge >= 0.3 is 0 Å². The Balaban J connectivity index is 1.49. The normalized spacial score (nSPS) is 17.0. The number of anilines is 1. The van der Waals surface area contributed by atoms with Gasteiger partial charge in [-0.15, -0.1) is 0 Å². The quantitative estimate of drug-likeness (QED) is 0.553. The number of amides is 1. The van der Waals surface area contributed by atoms with Crippen LogP contribution >= 0.6 is 0 Å². The van der Waals surface area contributed by atoms with Gasteiger partial charge in [-0.3, -0.25) is 4.79 Å². The van der Waals surface area contributed by atoms with Gasteiger partial charge in [0.05, 0.1) is 10.6 Å². The van der Waals surface area contributed by atoms with Crippen LogP contribution < -0.4 is 10.1 Å². The third-order valence-corrected chi connectivity index (χ3v) is 7.60. The number of hydrogen-bond acceptors (Lipinski definition) is 4. The van der Waals surface area contributed by atoms with Crippen molar-refractivity contribution < 1.29 is 17.9 Å². The summed E-state index contributed by atoms with van der Waals surface area (Å²) in [7, 11) is -3.57. The summed E-state index contributed by atoms with van der Waals surface area (Å²) < 4.78 is 33.4. The van der Waals surface area contributed by atoms with Gasteiger partial charge in [0.1, 0.15) is 5.75 Å². The first-order valence-corrected chi connectivity index (χ1v) is 12.1. The highest BCUT2D eigenvalue weighted by molar-refractivity contribution is 7.89. The van der Waals surface area contributed by atoms with Gasteiger partial charge in [-0.05, 0) is 68.3 Å². The van der Waals surface area contributed by atoms with E-state index < -0.39 is 10.0 Å². The van der Waals surface area contributed by atoms with Crippen LogP contribution in [0.1, 0.15) is 36.5 Å². The van der Waals surface area contributed by atoms with E-state index in [2.05, 4.69) is 5.32 Å². The van der Waals surface area contributed by atoms with E-state index in [1.165, 1.54) is 24.3 Å². The van der Waals surface area contributed by atoms with Crippen LogP contribution in [0, 0.1) is 0 Å². The molecule has 1 aliphatic heterocycles. The van der Waals surface area contributed by atoms with Crippen LogP contribution in [0.15, 0.2) is 83.8 Å². The first kappa shape index (κ1) is 22.0. The molecule has 1 saturated heterocycles. The van der Waals surface area contributed by atoms with Gasteiger partial charge in [0.25, 0.3) is 5.91 Å². The Morgan fingerprint density at radius 3 is 2.34 bits per heavy atom. The van der Waals surface area contributed by atoms with E-state index in [1.54, 1.807) is 16.4 Å². The first-order valence-electron chi connectivity index (χ1n) is 10.7. The fraction of sp³-hybridized carbons (Fsp3) is 0.240. The maximum absolute atomic E-state index is 13.0. The lowest BCUT2D eigenvalue weighted by Gasteiger charge is -2.32. The molecule has 0 bridgehead atoms. The largest absolute Gasteiger partial charge is 0.455 e. The molecule has 3 aromatic rings. The summed E-state index contributed by atoms with van der Waals surface area (Å²) in [5.74, 6) is 0.838. The van der Waals surface area contributed by atoms with Crippen molar-refractivity contribution in [3.05, 3.63) is 84.4 Å². The fourth-order valence-electron chi connectivity index (χ4n) is 3.81. The predicted octanol–water partition coefficient (Wildman–Crippen LogP) is 5.29. The number of carbonyl (C=O) groups excluding carboxylic acids is 1. The van der Waals surface area contributed by atoms with Gasteiger partial charge < -0.3 is 10.1 Å². The van der Waals surface area contributed by atoms with Crippen molar-refractivity contribution in [3.63, 3.8) is 0 Å². The monoisotopic (exact) mass is 450 g/mol. The van der Waals surface area contributed by atoms with Gasteiger partial charge in [-0.1, -0.05) is 36.8 Å². The van der Waals surface area contributed by atoms with Crippen molar-refractivity contribution in [2.24, 2.45) is 0 Å². The molecule has 1 fully saturated rings. The molecule has 1 atom stereocenters. The Morgan fingerprint density at radius 1 is 0.938 bits per heavy atom. The molecule has 0 radical (unpaired) electrons. The molecule has 4 rings (SSSR count). The third kappa shape index (κ3) is 4.84. The number of rotatable bonds is 6. The van der Waals surface area contributed by atoms with Gasteiger partial charge in [-0.2, -0.15) is 4.31 Å². The second kappa shape index (κ2) is 9.54. The van der Waals surface area contributed by atoms with Crippen LogP contribution in [0.2, 0.25) is 0 Å². The minimum absolute atomic E-state index is 0.0159. The summed E-state index contributed by atoms with van der Waals surface area (Å²) in [5.41, 5.74) is 0.894. The zero-order valence-corrected chi connectivity index (χ0v) is 18.7. The van der Waals surface area contributed by atoms with Gasteiger partial charge in [0.15, 0.2) is 5.75 Å². The third-order valence-electron chi connectivity index (χ3n) is 5.57. The smallest absolute Gasteiger partial charge is 0.255 e. The van der Waals surface area contributed by atoms with Gasteiger partial charge in [0.2, 0.25) is 10.0 Å². The van der Waals surface area contributed by atoms with E-state index in [0.29, 0.717) is 29.3 Å². The number of nitrogens with zero attached hydrogens (tertiary/aromatic N) is 1. The lowest BCUT2D eigenvalue weighted by atomic mass is 10.1. The van der Waals surface area contributed by atoms with Crippen molar-refractivity contribution in [3.8, 4) is 11.5 Å². The van der Waals surface area contributed by atoms with Crippen LogP contribution in [-0.4, -0.2) is 31.2 Å². The van der Waals surface area contributed by atoms with Crippen LogP contribution in [0.3, 0.4) is 0 Å². The lowest BCUT2D eigenvalue weighted by molar-refractivity contribution is 0.102. The second-order valence-electron chi connectivity index (χ2n) is 7.85. The topological polar surface area (TPSA) is 75.7 Å². The lowest BCUT2D eigenvalue weighted by Crippen LogP contribution is -2.41. The van der Waals surface area contributed by atoms with E-state index in [0.717, 1.165) is 19.3 Å². The Morgan fingerprint density at radius 2 is 1.62 bits per heavy atom. The van der Waals surface area contributed by atoms with E-state index >= 15 is 0 Å². The summed E-state index contributed by atoms with van der Waals surface area (Å²) in [4.78, 5) is 13.0. The number of nitrogens with one attached hydrogen (secondary N) is 1. The Hall–Kier alpha value is -3.16. The molecule has 1 N–H and O–H groups in total. The van der Waals surface area contributed by atoms with Crippen molar-refractivity contribution >= 4 is 21.6 Å². The molecule has 1 aliphatic rings. The molecule has 0 spiro atoms. The van der Waals surface area contributed by atoms with Crippen LogP contribution in [0.4, 0.5) is 5.69 Å². The highest BCUT2D eigenvalue weighted by Gasteiger charge is 2.30. The summed E-state index contributed by atoms with van der Waals surface area (Å²) in [5, 5.41) is 2.85. The molecule has 0 aromatic heterocycles. The first-order chi connectivity index (χ1) is 15.4. The average Bonchev–Trinajstić information content (AvgIpc) is 2.81. The Kier molecular flexibility index (Phi) is 6.58. The predicted molar refractivity (Wildman–Crippen MR) is 125 cm³/mol. The molecule has 1 heterocycles. The Bertz CT molecular complexity index is 1180. The van der Waals surface area contributed by atoms with Gasteiger partial charge in [-0.25, -0.2) is 8.42 Å². The molecule has 3 aromatic carbocycles. The summed E-state index contributed by atoms with van der Waals surface area (Å²) in [6, 6.07) is 22.5. The number of benzene rings is 3. The molecule has 1 unspecified atom stereocenters. The van der Waals surface area contributed by atoms with E-state index in [4.69, 9.17) is 4.74 Å². The SMILES string of the molecule is CC1CCCCN1S(=O)(=O)c1ccc(C(=O)Nc2ccccc2Oc2ccccc2)cc1. The van der Waals surface area contributed by atoms with E-state index in [1.807, 2.05) is 49.4 Å². The molecule has 6 nitrogen and oxygen atoms in total. The standard InChI is InChI=1S/C25H26N2O4S/c1-19-9-7-8-18-27(19)32(29,30)22-16-14-20(15-17-22)25(28)26-23-12-5-6-13-24(23)31-21-10-3-2-4-11-21/h2-6,10-17,19H,7-9,18H2,1H3,(H,26,28). The minimum atomic E-state index is -3.57. The van der Waals surface area contributed by atoms with E-state index in [9.17, 15) is 13.2 Å². The zero-order valence-electron chi connectivity index (χ0n) is 17.9. The summed E-state index contributed by atoms with van der Waals surface area (Å²) >= 11 is 0. The maximum atomic E-state index is 13.0. The van der Waals surface area contributed by atoms with Crippen LogP contribution in [0.25, 0.3) is 0 Å². The number of ether oxygens (including phenoxy) is 1. The maximum Gasteiger partial charge on any atom is 0.255 e. The highest BCUT2D eigenvalue weighted by atomic mass is 32.2.